The molecule has 0 aromatic carbocycles. The Morgan fingerprint density at radius 1 is 1.47 bits per heavy atom. The largest absolute Gasteiger partial charge is 0.309 e. The minimum atomic E-state index is -0.0449. The van der Waals surface area contributed by atoms with E-state index in [-0.39, 0.29) is 11.8 Å². The molecule has 1 aromatic rings. The number of hydrogen-bond acceptors (Lipinski definition) is 4. The van der Waals surface area contributed by atoms with Gasteiger partial charge < -0.3 is 5.32 Å². The molecule has 0 bridgehead atoms. The van der Waals surface area contributed by atoms with E-state index in [0.29, 0.717) is 5.82 Å². The van der Waals surface area contributed by atoms with E-state index >= 15 is 0 Å². The lowest BCUT2D eigenvalue weighted by Crippen LogP contribution is -2.18. The minimum Gasteiger partial charge on any atom is -0.309 e. The summed E-state index contributed by atoms with van der Waals surface area (Å²) in [6, 6.07) is 3.63. The molecule has 5 heteroatoms. The Kier molecular flexibility index (Phi) is 4.55. The van der Waals surface area contributed by atoms with E-state index in [1.54, 1.807) is 17.8 Å². The smallest absolute Gasteiger partial charge is 0.228 e. The van der Waals surface area contributed by atoms with E-state index in [2.05, 4.69) is 22.4 Å². The summed E-state index contributed by atoms with van der Waals surface area (Å²) < 4.78 is 0. The van der Waals surface area contributed by atoms with Crippen LogP contribution in [0.2, 0.25) is 0 Å². The highest BCUT2D eigenvalue weighted by atomic mass is 32.2. The van der Waals surface area contributed by atoms with Gasteiger partial charge in [-0.25, -0.2) is 0 Å². The summed E-state index contributed by atoms with van der Waals surface area (Å²) in [5.41, 5.74) is 0. The van der Waals surface area contributed by atoms with E-state index in [9.17, 15) is 4.79 Å². The van der Waals surface area contributed by atoms with E-state index < -0.39 is 0 Å². The van der Waals surface area contributed by atoms with Crippen molar-refractivity contribution in [2.24, 2.45) is 5.92 Å². The molecule has 0 aliphatic carbocycles. The topological polar surface area (TPSA) is 54.9 Å². The molecule has 0 aliphatic rings. The quantitative estimate of drug-likeness (QED) is 0.798. The van der Waals surface area contributed by atoms with Gasteiger partial charge in [-0.15, -0.1) is 22.0 Å². The van der Waals surface area contributed by atoms with Crippen molar-refractivity contribution in [2.45, 2.75) is 25.8 Å². The van der Waals surface area contributed by atoms with Crippen molar-refractivity contribution in [3.8, 4) is 0 Å². The van der Waals surface area contributed by atoms with Crippen LogP contribution in [0, 0.1) is 5.92 Å². The van der Waals surface area contributed by atoms with E-state index in [0.717, 1.165) is 10.8 Å². The Bertz CT molecular complexity index is 324. The van der Waals surface area contributed by atoms with Crippen molar-refractivity contribution >= 4 is 23.5 Å². The SMILES string of the molecule is CCSc1ccc(NC(=O)C(C)C)nn1. The average Bonchev–Trinajstić information content (AvgIpc) is 2.21. The van der Waals surface area contributed by atoms with Crippen molar-refractivity contribution in [3.05, 3.63) is 12.1 Å². The summed E-state index contributed by atoms with van der Waals surface area (Å²) >= 11 is 1.62. The van der Waals surface area contributed by atoms with Crippen LogP contribution >= 0.6 is 11.8 Å². The van der Waals surface area contributed by atoms with E-state index in [4.69, 9.17) is 0 Å². The Balaban J connectivity index is 2.60. The Morgan fingerprint density at radius 2 is 2.20 bits per heavy atom. The van der Waals surface area contributed by atoms with Crippen LogP contribution < -0.4 is 5.32 Å². The van der Waals surface area contributed by atoms with Gasteiger partial charge >= 0.3 is 0 Å². The van der Waals surface area contributed by atoms with Crippen LogP contribution in [0.4, 0.5) is 5.82 Å². The fraction of sp³-hybridized carbons (Fsp3) is 0.500. The summed E-state index contributed by atoms with van der Waals surface area (Å²) in [6.45, 7) is 5.73. The van der Waals surface area contributed by atoms with Crippen molar-refractivity contribution in [2.75, 3.05) is 11.1 Å². The van der Waals surface area contributed by atoms with Crippen LogP contribution in [0.5, 0.6) is 0 Å². The number of anilines is 1. The molecule has 1 heterocycles. The number of carbonyl (C=O) groups is 1. The summed E-state index contributed by atoms with van der Waals surface area (Å²) in [5, 5.41) is 11.5. The van der Waals surface area contributed by atoms with Crippen LogP contribution in [-0.4, -0.2) is 21.9 Å². The molecule has 15 heavy (non-hydrogen) atoms. The summed E-state index contributed by atoms with van der Waals surface area (Å²) in [4.78, 5) is 11.3. The standard InChI is InChI=1S/C10H15N3OS/c1-4-15-9-6-5-8(12-13-9)11-10(14)7(2)3/h5-7H,4H2,1-3H3,(H,11,12,14). The number of amides is 1. The van der Waals surface area contributed by atoms with Gasteiger partial charge in [0.2, 0.25) is 5.91 Å². The van der Waals surface area contributed by atoms with Crippen LogP contribution in [0.15, 0.2) is 17.2 Å². The Morgan fingerprint density at radius 3 is 2.67 bits per heavy atom. The first-order chi connectivity index (χ1) is 7.13. The lowest BCUT2D eigenvalue weighted by molar-refractivity contribution is -0.118. The van der Waals surface area contributed by atoms with Gasteiger partial charge in [-0.1, -0.05) is 20.8 Å². The molecule has 0 fully saturated rings. The van der Waals surface area contributed by atoms with Gasteiger partial charge in [0, 0.05) is 5.92 Å². The molecule has 82 valence electrons. The molecule has 1 amide bonds. The first-order valence-corrected chi connectivity index (χ1v) is 5.89. The van der Waals surface area contributed by atoms with Gasteiger partial charge in [0.25, 0.3) is 0 Å². The van der Waals surface area contributed by atoms with Crippen LogP contribution in [0.1, 0.15) is 20.8 Å². The molecule has 0 radical (unpaired) electrons. The molecule has 0 atom stereocenters. The second-order valence-electron chi connectivity index (χ2n) is 3.33. The van der Waals surface area contributed by atoms with Crippen molar-refractivity contribution in [1.82, 2.24) is 10.2 Å². The van der Waals surface area contributed by atoms with Gasteiger partial charge in [-0.2, -0.15) is 0 Å². The molecule has 0 saturated carbocycles. The van der Waals surface area contributed by atoms with Gasteiger partial charge in [0.1, 0.15) is 5.03 Å². The number of nitrogens with zero attached hydrogens (tertiary/aromatic N) is 2. The third-order valence-electron chi connectivity index (χ3n) is 1.71. The van der Waals surface area contributed by atoms with Crippen molar-refractivity contribution in [3.63, 3.8) is 0 Å². The molecule has 1 rings (SSSR count). The fourth-order valence-corrected chi connectivity index (χ4v) is 1.44. The number of hydrogen-bond donors (Lipinski definition) is 1. The van der Waals surface area contributed by atoms with Gasteiger partial charge in [-0.05, 0) is 17.9 Å². The molecule has 0 saturated heterocycles. The molecule has 0 aliphatic heterocycles. The minimum absolute atomic E-state index is 0.0415. The van der Waals surface area contributed by atoms with E-state index in [1.165, 1.54) is 0 Å². The van der Waals surface area contributed by atoms with Crippen molar-refractivity contribution in [1.29, 1.82) is 0 Å². The highest BCUT2D eigenvalue weighted by Gasteiger charge is 2.07. The van der Waals surface area contributed by atoms with Gasteiger partial charge in [0.15, 0.2) is 5.82 Å². The summed E-state index contributed by atoms with van der Waals surface area (Å²) in [6.07, 6.45) is 0. The second kappa shape index (κ2) is 5.70. The summed E-state index contributed by atoms with van der Waals surface area (Å²) in [7, 11) is 0. The number of rotatable bonds is 4. The molecular formula is C10H15N3OS. The number of aromatic nitrogens is 2. The second-order valence-corrected chi connectivity index (χ2v) is 4.62. The maximum Gasteiger partial charge on any atom is 0.228 e. The molecule has 1 aromatic heterocycles. The molecule has 4 nitrogen and oxygen atoms in total. The fourth-order valence-electron chi connectivity index (χ4n) is 0.882. The van der Waals surface area contributed by atoms with Crippen LogP contribution in [-0.2, 0) is 4.79 Å². The first kappa shape index (κ1) is 12.0. The Hall–Kier alpha value is -1.10. The van der Waals surface area contributed by atoms with Crippen LogP contribution in [0.3, 0.4) is 0 Å². The predicted molar refractivity (Wildman–Crippen MR) is 61.9 cm³/mol. The third kappa shape index (κ3) is 3.87. The lowest BCUT2D eigenvalue weighted by atomic mass is 10.2. The van der Waals surface area contributed by atoms with Gasteiger partial charge in [-0.3, -0.25) is 4.79 Å². The zero-order valence-electron chi connectivity index (χ0n) is 9.15. The molecular weight excluding hydrogens is 210 g/mol. The van der Waals surface area contributed by atoms with E-state index in [1.807, 2.05) is 19.9 Å². The highest BCUT2D eigenvalue weighted by molar-refractivity contribution is 7.99. The highest BCUT2D eigenvalue weighted by Crippen LogP contribution is 2.14. The van der Waals surface area contributed by atoms with Crippen molar-refractivity contribution < 1.29 is 4.79 Å². The molecule has 0 unspecified atom stereocenters. The average molecular weight is 225 g/mol. The molecule has 1 N–H and O–H groups in total. The monoisotopic (exact) mass is 225 g/mol. The first-order valence-electron chi connectivity index (χ1n) is 4.91. The number of carbonyl (C=O) groups excluding carboxylic acids is 1. The molecule has 0 spiro atoms. The third-order valence-corrected chi connectivity index (χ3v) is 2.51. The maximum absolute atomic E-state index is 11.3. The maximum atomic E-state index is 11.3. The van der Waals surface area contributed by atoms with Gasteiger partial charge in [0.05, 0.1) is 0 Å². The zero-order chi connectivity index (χ0) is 11.3. The number of nitrogens with one attached hydrogen (secondary N) is 1. The lowest BCUT2D eigenvalue weighted by Gasteiger charge is -2.06. The normalized spacial score (nSPS) is 10.4. The summed E-state index contributed by atoms with van der Waals surface area (Å²) in [5.74, 6) is 1.39. The Labute approximate surface area is 93.9 Å². The predicted octanol–water partition coefficient (Wildman–Crippen LogP) is 2.18. The number of thioether (sulfide) groups is 1. The van der Waals surface area contributed by atoms with Crippen LogP contribution in [0.25, 0.3) is 0 Å². The zero-order valence-corrected chi connectivity index (χ0v) is 9.97.